The Kier molecular flexibility index (Phi) is 12.7. The molecule has 0 aromatic carbocycles. The molecule has 0 aliphatic rings. The summed E-state index contributed by atoms with van der Waals surface area (Å²) in [5, 5.41) is 7.13. The first-order valence-corrected chi connectivity index (χ1v) is 7.57. The van der Waals surface area contributed by atoms with Gasteiger partial charge in [-0.05, 0) is 12.7 Å². The fourth-order valence-electron chi connectivity index (χ4n) is 1.17. The monoisotopic (exact) mass is 277 g/mol. The average molecular weight is 277 g/mol. The Balaban J connectivity index is 3.45. The summed E-state index contributed by atoms with van der Waals surface area (Å²) in [5.74, 6) is 0.854. The third-order valence-electron chi connectivity index (χ3n) is 2.37. The van der Waals surface area contributed by atoms with Crippen LogP contribution in [0.5, 0.6) is 0 Å². The summed E-state index contributed by atoms with van der Waals surface area (Å²) in [6.07, 6.45) is 3.07. The Labute approximate surface area is 115 Å². The molecule has 6 heteroatoms. The zero-order valence-electron chi connectivity index (χ0n) is 12.0. The maximum atomic E-state index is 5.38. The lowest BCUT2D eigenvalue weighted by Crippen LogP contribution is -2.40. The van der Waals surface area contributed by atoms with Gasteiger partial charge in [0.25, 0.3) is 0 Å². The summed E-state index contributed by atoms with van der Waals surface area (Å²) in [7, 11) is 3.46. The number of aliphatic imine (C=N–C) groups is 1. The number of hydrogen-bond donors (Lipinski definition) is 2. The van der Waals surface area contributed by atoms with Crippen LogP contribution in [0.3, 0.4) is 0 Å². The molecule has 0 radical (unpaired) electrons. The fourth-order valence-corrected chi connectivity index (χ4v) is 1.42. The quantitative estimate of drug-likeness (QED) is 0.354. The molecule has 2 N–H and O–H groups in total. The van der Waals surface area contributed by atoms with Gasteiger partial charge < -0.3 is 20.1 Å². The smallest absolute Gasteiger partial charge is 0.191 e. The molecule has 0 heterocycles. The van der Waals surface area contributed by atoms with Crippen molar-refractivity contribution < 1.29 is 9.47 Å². The minimum Gasteiger partial charge on any atom is -0.382 e. The molecule has 5 nitrogen and oxygen atoms in total. The lowest BCUT2D eigenvalue weighted by Gasteiger charge is -2.14. The Morgan fingerprint density at radius 2 is 2.06 bits per heavy atom. The van der Waals surface area contributed by atoms with Gasteiger partial charge in [-0.2, -0.15) is 11.8 Å². The fraction of sp³-hybridized carbons (Fsp3) is 0.917. The van der Waals surface area contributed by atoms with Crippen molar-refractivity contribution in [3.63, 3.8) is 0 Å². The maximum absolute atomic E-state index is 5.38. The van der Waals surface area contributed by atoms with E-state index in [1.54, 1.807) is 14.2 Å². The van der Waals surface area contributed by atoms with Gasteiger partial charge in [0.1, 0.15) is 0 Å². The molecule has 0 aromatic rings. The molecular weight excluding hydrogens is 250 g/mol. The largest absolute Gasteiger partial charge is 0.382 e. The van der Waals surface area contributed by atoms with E-state index in [0.29, 0.717) is 18.5 Å². The molecule has 108 valence electrons. The summed E-state index contributed by atoms with van der Waals surface area (Å²) < 4.78 is 10.3. The second-order valence-corrected chi connectivity index (χ2v) is 5.16. The van der Waals surface area contributed by atoms with Crippen LogP contribution in [0.1, 0.15) is 13.3 Å². The van der Waals surface area contributed by atoms with E-state index >= 15 is 0 Å². The Morgan fingerprint density at radius 3 is 2.67 bits per heavy atom. The third kappa shape index (κ3) is 10.7. The minimum absolute atomic E-state index is 0.584. The summed E-state index contributed by atoms with van der Waals surface area (Å²) in [6.45, 7) is 6.03. The van der Waals surface area contributed by atoms with Gasteiger partial charge in [-0.3, -0.25) is 4.99 Å². The highest BCUT2D eigenvalue weighted by atomic mass is 32.2. The average Bonchev–Trinajstić information content (AvgIpc) is 2.40. The van der Waals surface area contributed by atoms with Crippen LogP contribution >= 0.6 is 11.8 Å². The van der Waals surface area contributed by atoms with Gasteiger partial charge in [0.05, 0.1) is 13.2 Å². The number of hydrogen-bond acceptors (Lipinski definition) is 4. The first-order chi connectivity index (χ1) is 8.74. The normalized spacial score (nSPS) is 13.4. The molecule has 1 atom stereocenters. The second-order valence-electron chi connectivity index (χ2n) is 3.88. The van der Waals surface area contributed by atoms with Gasteiger partial charge >= 0.3 is 0 Å². The van der Waals surface area contributed by atoms with E-state index in [1.807, 2.05) is 11.8 Å². The zero-order valence-corrected chi connectivity index (χ0v) is 12.8. The Morgan fingerprint density at radius 1 is 1.28 bits per heavy atom. The highest BCUT2D eigenvalue weighted by Gasteiger charge is 2.01. The van der Waals surface area contributed by atoms with Crippen molar-refractivity contribution in [2.45, 2.75) is 18.6 Å². The standard InChI is InChI=1S/C12H27N3O2S/c1-11(18-4)10-15-12(13-2)14-6-5-7-17-9-8-16-3/h11H,5-10H2,1-4H3,(H2,13,14,15). The van der Waals surface area contributed by atoms with Gasteiger partial charge in [-0.25, -0.2) is 0 Å². The molecule has 1 unspecified atom stereocenters. The summed E-state index contributed by atoms with van der Waals surface area (Å²) in [4.78, 5) is 4.17. The summed E-state index contributed by atoms with van der Waals surface area (Å²) >= 11 is 1.84. The van der Waals surface area contributed by atoms with Crippen molar-refractivity contribution >= 4 is 17.7 Å². The lowest BCUT2D eigenvalue weighted by atomic mass is 10.4. The van der Waals surface area contributed by atoms with Crippen LogP contribution < -0.4 is 10.6 Å². The first-order valence-electron chi connectivity index (χ1n) is 6.28. The molecule has 0 spiro atoms. The van der Waals surface area contributed by atoms with Crippen molar-refractivity contribution in [3.05, 3.63) is 0 Å². The molecule has 0 saturated carbocycles. The van der Waals surface area contributed by atoms with Crippen molar-refractivity contribution in [3.8, 4) is 0 Å². The first kappa shape index (κ1) is 17.5. The van der Waals surface area contributed by atoms with Crippen molar-refractivity contribution in [1.29, 1.82) is 0 Å². The van der Waals surface area contributed by atoms with E-state index in [0.717, 1.165) is 32.1 Å². The summed E-state index contributed by atoms with van der Waals surface area (Å²) in [6, 6.07) is 0. The van der Waals surface area contributed by atoms with Crippen LogP contribution in [0.2, 0.25) is 0 Å². The van der Waals surface area contributed by atoms with Gasteiger partial charge in [-0.15, -0.1) is 0 Å². The molecule has 0 fully saturated rings. The Hall–Kier alpha value is -0.460. The molecule has 18 heavy (non-hydrogen) atoms. The number of nitrogens with one attached hydrogen (secondary N) is 2. The lowest BCUT2D eigenvalue weighted by molar-refractivity contribution is 0.0698. The molecule has 0 rings (SSSR count). The van der Waals surface area contributed by atoms with Crippen LogP contribution in [-0.4, -0.2) is 64.5 Å². The van der Waals surface area contributed by atoms with E-state index in [1.165, 1.54) is 0 Å². The SMILES string of the molecule is CN=C(NCCCOCCOC)NCC(C)SC. The molecule has 0 amide bonds. The number of rotatable bonds is 10. The van der Waals surface area contributed by atoms with E-state index in [4.69, 9.17) is 9.47 Å². The van der Waals surface area contributed by atoms with Crippen LogP contribution in [0, 0.1) is 0 Å². The Bertz CT molecular complexity index is 215. The highest BCUT2D eigenvalue weighted by Crippen LogP contribution is 2.01. The van der Waals surface area contributed by atoms with Crippen molar-refractivity contribution in [2.75, 3.05) is 53.3 Å². The number of nitrogens with zero attached hydrogens (tertiary/aromatic N) is 1. The van der Waals surface area contributed by atoms with Crippen LogP contribution in [0.25, 0.3) is 0 Å². The van der Waals surface area contributed by atoms with Crippen molar-refractivity contribution in [1.82, 2.24) is 10.6 Å². The number of guanidine groups is 1. The number of ether oxygens (including phenoxy) is 2. The molecule has 0 bridgehead atoms. The van der Waals surface area contributed by atoms with Crippen LogP contribution in [0.4, 0.5) is 0 Å². The van der Waals surface area contributed by atoms with Gasteiger partial charge in [0.15, 0.2) is 5.96 Å². The predicted molar refractivity (Wildman–Crippen MR) is 79.7 cm³/mol. The highest BCUT2D eigenvalue weighted by molar-refractivity contribution is 7.99. The number of methoxy groups -OCH3 is 1. The molecular formula is C12H27N3O2S. The molecule has 0 aliphatic carbocycles. The molecule has 0 aliphatic heterocycles. The van der Waals surface area contributed by atoms with E-state index in [-0.39, 0.29) is 0 Å². The predicted octanol–water partition coefficient (Wildman–Crippen LogP) is 0.956. The molecule has 0 saturated heterocycles. The minimum atomic E-state index is 0.584. The zero-order chi connectivity index (χ0) is 13.6. The number of thioether (sulfide) groups is 1. The summed E-state index contributed by atoms with van der Waals surface area (Å²) in [5.41, 5.74) is 0. The van der Waals surface area contributed by atoms with Crippen LogP contribution in [0.15, 0.2) is 4.99 Å². The third-order valence-corrected chi connectivity index (χ3v) is 3.34. The maximum Gasteiger partial charge on any atom is 0.191 e. The van der Waals surface area contributed by atoms with Gasteiger partial charge in [0.2, 0.25) is 0 Å². The van der Waals surface area contributed by atoms with E-state index in [2.05, 4.69) is 28.8 Å². The van der Waals surface area contributed by atoms with E-state index in [9.17, 15) is 0 Å². The van der Waals surface area contributed by atoms with E-state index < -0.39 is 0 Å². The van der Waals surface area contributed by atoms with Crippen LogP contribution in [-0.2, 0) is 9.47 Å². The second kappa shape index (κ2) is 13.0. The van der Waals surface area contributed by atoms with Gasteiger partial charge in [-0.1, -0.05) is 6.92 Å². The topological polar surface area (TPSA) is 54.9 Å². The van der Waals surface area contributed by atoms with Crippen molar-refractivity contribution in [2.24, 2.45) is 4.99 Å². The van der Waals surface area contributed by atoms with Gasteiger partial charge in [0, 0.05) is 39.1 Å². The molecule has 0 aromatic heterocycles.